The first kappa shape index (κ1) is 11.5. The average Bonchev–Trinajstić information content (AvgIpc) is 2.41. The van der Waals surface area contributed by atoms with E-state index in [0.717, 1.165) is 6.42 Å². The zero-order valence-corrected chi connectivity index (χ0v) is 9.41. The lowest BCUT2D eigenvalue weighted by atomic mass is 10.2. The summed E-state index contributed by atoms with van der Waals surface area (Å²) >= 11 is 0. The Kier molecular flexibility index (Phi) is 3.89. The van der Waals surface area contributed by atoms with Gasteiger partial charge in [0.25, 0.3) is 0 Å². The molecule has 1 rings (SSSR count). The molecule has 0 aromatic rings. The molecule has 0 aromatic carbocycles. The molecule has 0 bridgehead atoms. The monoisotopic (exact) mass is 200 g/mol. The molecule has 3 unspecified atom stereocenters. The van der Waals surface area contributed by atoms with E-state index in [1.807, 2.05) is 25.7 Å². The maximum Gasteiger partial charge on any atom is 0.241 e. The number of nitrogens with one attached hydrogen (secondary N) is 1. The normalized spacial score (nSPS) is 29.7. The van der Waals surface area contributed by atoms with Crippen LogP contribution in [0.25, 0.3) is 0 Å². The summed E-state index contributed by atoms with van der Waals surface area (Å²) in [7, 11) is 1.66. The summed E-state index contributed by atoms with van der Waals surface area (Å²) in [4.78, 5) is 13.7. The van der Waals surface area contributed by atoms with Gasteiger partial charge < -0.3 is 9.64 Å². The zero-order valence-electron chi connectivity index (χ0n) is 9.41. The van der Waals surface area contributed by atoms with Crippen LogP contribution in [0.5, 0.6) is 0 Å². The Bertz CT molecular complexity index is 208. The fourth-order valence-corrected chi connectivity index (χ4v) is 2.03. The fourth-order valence-electron chi connectivity index (χ4n) is 2.03. The summed E-state index contributed by atoms with van der Waals surface area (Å²) in [6, 6.07) is 0.135. The molecule has 0 aliphatic carbocycles. The summed E-state index contributed by atoms with van der Waals surface area (Å²) in [5.41, 5.74) is 0. The molecular formula is C10H20N2O2. The number of ether oxygens (including phenoxy) is 1. The fraction of sp³-hybridized carbons (Fsp3) is 0.900. The lowest BCUT2D eigenvalue weighted by Crippen LogP contribution is -2.43. The van der Waals surface area contributed by atoms with E-state index in [-0.39, 0.29) is 24.2 Å². The third-order valence-electron chi connectivity index (χ3n) is 2.70. The minimum absolute atomic E-state index is 0.00990. The molecule has 1 aliphatic heterocycles. The van der Waals surface area contributed by atoms with E-state index in [1.165, 1.54) is 0 Å². The number of carbonyl (C=O) groups is 1. The molecule has 1 saturated heterocycles. The van der Waals surface area contributed by atoms with Gasteiger partial charge in [-0.1, -0.05) is 6.92 Å². The molecule has 1 aliphatic rings. The zero-order chi connectivity index (χ0) is 10.7. The van der Waals surface area contributed by atoms with Crippen LogP contribution in [0.3, 0.4) is 0 Å². The molecule has 0 radical (unpaired) electrons. The summed E-state index contributed by atoms with van der Waals surface area (Å²) in [6.07, 6.45) is 0.969. The first-order valence-electron chi connectivity index (χ1n) is 5.19. The number of hydrogen-bond acceptors (Lipinski definition) is 3. The summed E-state index contributed by atoms with van der Waals surface area (Å²) in [5, 5.41) is 3.26. The highest BCUT2D eigenvalue weighted by molar-refractivity contribution is 5.84. The molecule has 1 amide bonds. The Morgan fingerprint density at radius 3 is 2.71 bits per heavy atom. The van der Waals surface area contributed by atoms with Gasteiger partial charge >= 0.3 is 0 Å². The maximum atomic E-state index is 11.9. The number of amides is 1. The Balaban J connectivity index is 2.64. The van der Waals surface area contributed by atoms with Crippen molar-refractivity contribution in [3.8, 4) is 0 Å². The summed E-state index contributed by atoms with van der Waals surface area (Å²) < 4.78 is 5.06. The largest absolute Gasteiger partial charge is 0.383 e. The van der Waals surface area contributed by atoms with Crippen LogP contribution >= 0.6 is 0 Å². The SMILES string of the molecule is CCC1NC(C)N(C(C)COC)C1=O. The molecule has 4 heteroatoms. The van der Waals surface area contributed by atoms with E-state index in [2.05, 4.69) is 5.32 Å². The molecule has 3 atom stereocenters. The first-order chi connectivity index (χ1) is 6.61. The van der Waals surface area contributed by atoms with E-state index in [9.17, 15) is 4.79 Å². The number of nitrogens with zero attached hydrogens (tertiary/aromatic N) is 1. The molecular weight excluding hydrogens is 180 g/mol. The van der Waals surface area contributed by atoms with Gasteiger partial charge in [0.2, 0.25) is 5.91 Å². The molecule has 4 nitrogen and oxygen atoms in total. The molecule has 14 heavy (non-hydrogen) atoms. The van der Waals surface area contributed by atoms with Crippen LogP contribution in [0.2, 0.25) is 0 Å². The Hall–Kier alpha value is -0.610. The number of hydrogen-bond donors (Lipinski definition) is 1. The van der Waals surface area contributed by atoms with Crippen molar-refractivity contribution in [2.75, 3.05) is 13.7 Å². The minimum Gasteiger partial charge on any atom is -0.383 e. The number of rotatable bonds is 4. The average molecular weight is 200 g/mol. The standard InChI is InChI=1S/C10H20N2O2/c1-5-9-10(13)12(8(3)11-9)7(2)6-14-4/h7-9,11H,5-6H2,1-4H3. The molecule has 1 fully saturated rings. The van der Waals surface area contributed by atoms with Crippen LogP contribution in [0.15, 0.2) is 0 Å². The lowest BCUT2D eigenvalue weighted by Gasteiger charge is -2.27. The molecule has 0 saturated carbocycles. The second kappa shape index (κ2) is 4.75. The second-order valence-corrected chi connectivity index (χ2v) is 3.85. The van der Waals surface area contributed by atoms with Crippen molar-refractivity contribution < 1.29 is 9.53 Å². The van der Waals surface area contributed by atoms with Gasteiger partial charge in [-0.2, -0.15) is 0 Å². The predicted octanol–water partition coefficient (Wildman–Crippen LogP) is 0.578. The highest BCUT2D eigenvalue weighted by Crippen LogP contribution is 2.16. The Morgan fingerprint density at radius 1 is 1.64 bits per heavy atom. The first-order valence-corrected chi connectivity index (χ1v) is 5.19. The Morgan fingerprint density at radius 2 is 2.29 bits per heavy atom. The van der Waals surface area contributed by atoms with Crippen LogP contribution in [0, 0.1) is 0 Å². The van der Waals surface area contributed by atoms with Crippen LogP contribution in [-0.4, -0.2) is 42.8 Å². The maximum absolute atomic E-state index is 11.9. The third kappa shape index (κ3) is 2.07. The molecule has 0 aromatic heterocycles. The Labute approximate surface area is 85.6 Å². The quantitative estimate of drug-likeness (QED) is 0.721. The van der Waals surface area contributed by atoms with Gasteiger partial charge in [0, 0.05) is 7.11 Å². The molecule has 1 N–H and O–H groups in total. The van der Waals surface area contributed by atoms with Crippen molar-refractivity contribution in [1.82, 2.24) is 10.2 Å². The van der Waals surface area contributed by atoms with Crippen LogP contribution in [0.1, 0.15) is 27.2 Å². The lowest BCUT2D eigenvalue weighted by molar-refractivity contribution is -0.132. The van der Waals surface area contributed by atoms with Crippen LogP contribution in [-0.2, 0) is 9.53 Å². The van der Waals surface area contributed by atoms with Crippen LogP contribution in [0.4, 0.5) is 0 Å². The van der Waals surface area contributed by atoms with E-state index >= 15 is 0 Å². The van der Waals surface area contributed by atoms with Gasteiger partial charge in [-0.3, -0.25) is 10.1 Å². The van der Waals surface area contributed by atoms with E-state index in [0.29, 0.717) is 6.61 Å². The van der Waals surface area contributed by atoms with Crippen molar-refractivity contribution in [3.05, 3.63) is 0 Å². The molecule has 0 spiro atoms. The highest BCUT2D eigenvalue weighted by atomic mass is 16.5. The van der Waals surface area contributed by atoms with E-state index < -0.39 is 0 Å². The van der Waals surface area contributed by atoms with Crippen molar-refractivity contribution in [2.24, 2.45) is 0 Å². The minimum atomic E-state index is -0.00990. The summed E-state index contributed by atoms with van der Waals surface area (Å²) in [6.45, 7) is 6.64. The van der Waals surface area contributed by atoms with Gasteiger partial charge in [0.1, 0.15) is 0 Å². The van der Waals surface area contributed by atoms with E-state index in [1.54, 1.807) is 7.11 Å². The number of methoxy groups -OCH3 is 1. The number of carbonyl (C=O) groups excluding carboxylic acids is 1. The van der Waals surface area contributed by atoms with Gasteiger partial charge in [-0.05, 0) is 20.3 Å². The summed E-state index contributed by atoms with van der Waals surface area (Å²) in [5.74, 6) is 0.199. The van der Waals surface area contributed by atoms with Crippen molar-refractivity contribution in [3.63, 3.8) is 0 Å². The predicted molar refractivity (Wildman–Crippen MR) is 54.9 cm³/mol. The van der Waals surface area contributed by atoms with Gasteiger partial charge in [0.15, 0.2) is 0 Å². The highest BCUT2D eigenvalue weighted by Gasteiger charge is 2.37. The van der Waals surface area contributed by atoms with Crippen molar-refractivity contribution in [2.45, 2.75) is 45.4 Å². The molecule has 82 valence electrons. The van der Waals surface area contributed by atoms with Gasteiger partial charge in [0.05, 0.1) is 24.9 Å². The van der Waals surface area contributed by atoms with Crippen molar-refractivity contribution in [1.29, 1.82) is 0 Å². The third-order valence-corrected chi connectivity index (χ3v) is 2.70. The van der Waals surface area contributed by atoms with Crippen molar-refractivity contribution >= 4 is 5.91 Å². The molecule has 1 heterocycles. The van der Waals surface area contributed by atoms with Crippen LogP contribution < -0.4 is 5.32 Å². The smallest absolute Gasteiger partial charge is 0.241 e. The van der Waals surface area contributed by atoms with E-state index in [4.69, 9.17) is 4.74 Å². The second-order valence-electron chi connectivity index (χ2n) is 3.85. The van der Waals surface area contributed by atoms with Gasteiger partial charge in [-0.25, -0.2) is 0 Å². The van der Waals surface area contributed by atoms with Gasteiger partial charge in [-0.15, -0.1) is 0 Å². The topological polar surface area (TPSA) is 41.6 Å².